The van der Waals surface area contributed by atoms with Crippen LogP contribution >= 0.6 is 23.2 Å². The molecule has 0 saturated carbocycles. The van der Waals surface area contributed by atoms with Gasteiger partial charge in [-0.25, -0.2) is 8.78 Å². The number of piperazine rings is 1. The van der Waals surface area contributed by atoms with Crippen LogP contribution in [0.25, 0.3) is 0 Å². The molecule has 25 heavy (non-hydrogen) atoms. The van der Waals surface area contributed by atoms with Gasteiger partial charge in [0.15, 0.2) is 0 Å². The smallest absolute Gasteiger partial charge is 0.244 e. The maximum atomic E-state index is 13.9. The van der Waals surface area contributed by atoms with E-state index in [2.05, 4.69) is 0 Å². The first-order chi connectivity index (χ1) is 11.9. The summed E-state index contributed by atoms with van der Waals surface area (Å²) in [5.41, 5.74) is 0.555. The number of carbonyl (C=O) groups excluding carboxylic acids is 1. The minimum atomic E-state index is -0.608. The van der Waals surface area contributed by atoms with E-state index in [1.165, 1.54) is 18.2 Å². The van der Waals surface area contributed by atoms with Crippen molar-refractivity contribution in [1.82, 2.24) is 4.90 Å². The van der Waals surface area contributed by atoms with E-state index in [0.29, 0.717) is 28.8 Å². The van der Waals surface area contributed by atoms with Crippen molar-refractivity contribution in [3.05, 3.63) is 63.6 Å². The molecule has 0 N–H and O–H groups in total. The van der Waals surface area contributed by atoms with Gasteiger partial charge in [-0.15, -0.1) is 0 Å². The average Bonchev–Trinajstić information content (AvgIpc) is 2.56. The molecule has 1 saturated heterocycles. The van der Waals surface area contributed by atoms with Crippen LogP contribution in [0.2, 0.25) is 10.0 Å². The molecule has 0 aromatic heterocycles. The molecule has 0 bridgehead atoms. The molecule has 1 amide bonds. The third kappa shape index (κ3) is 3.64. The van der Waals surface area contributed by atoms with Gasteiger partial charge in [-0.1, -0.05) is 29.3 Å². The summed E-state index contributed by atoms with van der Waals surface area (Å²) >= 11 is 12.1. The molecule has 2 aromatic rings. The number of anilines is 1. The molecule has 3 nitrogen and oxygen atoms in total. The average molecular weight is 385 g/mol. The number of halogens is 4. The maximum absolute atomic E-state index is 13.9. The van der Waals surface area contributed by atoms with E-state index in [1.807, 2.05) is 0 Å². The Balaban J connectivity index is 1.80. The molecule has 0 spiro atoms. The van der Waals surface area contributed by atoms with E-state index in [0.717, 1.165) is 0 Å². The van der Waals surface area contributed by atoms with Gasteiger partial charge in [0.05, 0.1) is 16.8 Å². The number of rotatable bonds is 3. The fraction of sp³-hybridized carbons (Fsp3) is 0.278. The highest BCUT2D eigenvalue weighted by atomic mass is 35.5. The van der Waals surface area contributed by atoms with Crippen LogP contribution in [0.4, 0.5) is 14.5 Å². The number of nitrogens with zero attached hydrogens (tertiary/aromatic N) is 2. The van der Waals surface area contributed by atoms with Crippen LogP contribution in [-0.4, -0.2) is 29.9 Å². The van der Waals surface area contributed by atoms with Crippen LogP contribution in [0.15, 0.2) is 36.4 Å². The zero-order chi connectivity index (χ0) is 18.1. The number of carbonyl (C=O) groups is 1. The van der Waals surface area contributed by atoms with Crippen molar-refractivity contribution in [2.45, 2.75) is 19.5 Å². The van der Waals surface area contributed by atoms with E-state index >= 15 is 0 Å². The van der Waals surface area contributed by atoms with Gasteiger partial charge >= 0.3 is 0 Å². The summed E-state index contributed by atoms with van der Waals surface area (Å²) in [5, 5.41) is 0.879. The highest BCUT2D eigenvalue weighted by molar-refractivity contribution is 6.36. The van der Waals surface area contributed by atoms with Crippen molar-refractivity contribution in [3.63, 3.8) is 0 Å². The van der Waals surface area contributed by atoms with Gasteiger partial charge in [0.2, 0.25) is 5.91 Å². The van der Waals surface area contributed by atoms with E-state index in [9.17, 15) is 13.6 Å². The third-order valence-corrected chi connectivity index (χ3v) is 4.94. The lowest BCUT2D eigenvalue weighted by molar-refractivity contribution is -0.125. The lowest BCUT2D eigenvalue weighted by Crippen LogP contribution is -2.55. The Bertz CT molecular complexity index is 795. The summed E-state index contributed by atoms with van der Waals surface area (Å²) in [6.07, 6.45) is 0. The van der Waals surface area contributed by atoms with Crippen LogP contribution in [0, 0.1) is 11.6 Å². The first-order valence-electron chi connectivity index (χ1n) is 7.82. The second-order valence-electron chi connectivity index (χ2n) is 5.93. The summed E-state index contributed by atoms with van der Waals surface area (Å²) < 4.78 is 27.7. The van der Waals surface area contributed by atoms with Gasteiger partial charge in [-0.3, -0.25) is 9.69 Å². The van der Waals surface area contributed by atoms with E-state index in [4.69, 9.17) is 23.2 Å². The molecule has 0 radical (unpaired) electrons. The van der Waals surface area contributed by atoms with Crippen molar-refractivity contribution in [1.29, 1.82) is 0 Å². The predicted molar refractivity (Wildman–Crippen MR) is 95.0 cm³/mol. The van der Waals surface area contributed by atoms with Crippen LogP contribution in [0.1, 0.15) is 12.5 Å². The molecule has 3 rings (SSSR count). The topological polar surface area (TPSA) is 23.6 Å². The number of amides is 1. The van der Waals surface area contributed by atoms with E-state index in [1.54, 1.807) is 34.9 Å². The Hall–Kier alpha value is -1.69. The minimum absolute atomic E-state index is 0.0277. The largest absolute Gasteiger partial charge is 0.308 e. The van der Waals surface area contributed by atoms with Gasteiger partial charge < -0.3 is 4.90 Å². The molecular weight excluding hydrogens is 369 g/mol. The van der Waals surface area contributed by atoms with Crippen LogP contribution in [-0.2, 0) is 11.3 Å². The minimum Gasteiger partial charge on any atom is -0.308 e. The number of hydrogen-bond acceptors (Lipinski definition) is 2. The summed E-state index contributed by atoms with van der Waals surface area (Å²) in [6, 6.07) is 8.17. The summed E-state index contributed by atoms with van der Waals surface area (Å²) in [7, 11) is 0. The maximum Gasteiger partial charge on any atom is 0.244 e. The van der Waals surface area contributed by atoms with Crippen molar-refractivity contribution < 1.29 is 13.6 Å². The van der Waals surface area contributed by atoms with Crippen molar-refractivity contribution in [3.8, 4) is 0 Å². The van der Waals surface area contributed by atoms with Gasteiger partial charge in [0.1, 0.15) is 11.6 Å². The Labute approximate surface area is 154 Å². The Morgan fingerprint density at radius 3 is 2.44 bits per heavy atom. The van der Waals surface area contributed by atoms with Gasteiger partial charge in [-0.2, -0.15) is 0 Å². The highest BCUT2D eigenvalue weighted by Gasteiger charge is 2.33. The molecule has 0 aliphatic carbocycles. The number of benzene rings is 2. The van der Waals surface area contributed by atoms with E-state index < -0.39 is 17.7 Å². The lowest BCUT2D eigenvalue weighted by atomic mass is 10.1. The molecule has 0 unspecified atom stereocenters. The molecule has 7 heteroatoms. The second kappa shape index (κ2) is 7.28. The zero-order valence-corrected chi connectivity index (χ0v) is 15.0. The second-order valence-corrected chi connectivity index (χ2v) is 6.78. The highest BCUT2D eigenvalue weighted by Crippen LogP contribution is 2.31. The normalized spacial score (nSPS) is 18.7. The zero-order valence-electron chi connectivity index (χ0n) is 13.5. The van der Waals surface area contributed by atoms with Gasteiger partial charge in [-0.05, 0) is 37.3 Å². The van der Waals surface area contributed by atoms with Crippen LogP contribution < -0.4 is 4.90 Å². The van der Waals surface area contributed by atoms with Crippen molar-refractivity contribution >= 4 is 34.8 Å². The standard InChI is InChI=1S/C18H16Cl2F2N2O/c1-11-18(25)24(17-6-5-12(19)9-14(17)20)8-7-23(11)10-13-15(21)3-2-4-16(13)22/h2-6,9,11H,7-8,10H2,1H3/t11-/m1/s1. The monoisotopic (exact) mass is 384 g/mol. The first kappa shape index (κ1) is 18.1. The Morgan fingerprint density at radius 1 is 1.12 bits per heavy atom. The fourth-order valence-electron chi connectivity index (χ4n) is 2.96. The number of hydrogen-bond donors (Lipinski definition) is 0. The molecule has 132 valence electrons. The first-order valence-corrected chi connectivity index (χ1v) is 8.57. The fourth-order valence-corrected chi connectivity index (χ4v) is 3.47. The lowest BCUT2D eigenvalue weighted by Gasteiger charge is -2.39. The van der Waals surface area contributed by atoms with Crippen molar-refractivity contribution in [2.24, 2.45) is 0 Å². The van der Waals surface area contributed by atoms with Crippen LogP contribution in [0.3, 0.4) is 0 Å². The predicted octanol–water partition coefficient (Wildman–Crippen LogP) is 4.51. The summed E-state index contributed by atoms with van der Waals surface area (Å²) in [6.45, 7) is 2.60. The SMILES string of the molecule is C[C@@H]1C(=O)N(c2ccc(Cl)cc2Cl)CCN1Cc1c(F)cccc1F. The molecule has 1 aliphatic rings. The van der Waals surface area contributed by atoms with E-state index in [-0.39, 0.29) is 18.0 Å². The Kier molecular flexibility index (Phi) is 5.27. The van der Waals surface area contributed by atoms with Crippen molar-refractivity contribution in [2.75, 3.05) is 18.0 Å². The Morgan fingerprint density at radius 2 is 1.80 bits per heavy atom. The van der Waals surface area contributed by atoms with Gasteiger partial charge in [0.25, 0.3) is 0 Å². The molecule has 2 aromatic carbocycles. The quantitative estimate of drug-likeness (QED) is 0.777. The molecular formula is C18H16Cl2F2N2O. The molecule has 1 aliphatic heterocycles. The molecule has 1 atom stereocenters. The van der Waals surface area contributed by atoms with Crippen LogP contribution in [0.5, 0.6) is 0 Å². The molecule has 1 fully saturated rings. The third-order valence-electron chi connectivity index (χ3n) is 4.41. The summed E-state index contributed by atoms with van der Waals surface area (Å²) in [5.74, 6) is -1.39. The van der Waals surface area contributed by atoms with Gasteiger partial charge in [0, 0.05) is 30.2 Å². The summed E-state index contributed by atoms with van der Waals surface area (Å²) in [4.78, 5) is 16.1. The molecule has 1 heterocycles.